The minimum Gasteiger partial charge on any atom is -0.346 e. The van der Waals surface area contributed by atoms with Crippen LogP contribution >= 0.6 is 11.5 Å². The summed E-state index contributed by atoms with van der Waals surface area (Å²) in [5, 5.41) is 4.99. The topological polar surface area (TPSA) is 97.2 Å². The van der Waals surface area contributed by atoms with Crippen LogP contribution in [0.1, 0.15) is 30.9 Å². The van der Waals surface area contributed by atoms with Crippen molar-refractivity contribution in [2.24, 2.45) is 5.73 Å². The number of rotatable bonds is 5. The predicted octanol–water partition coefficient (Wildman–Crippen LogP) is 0.654. The van der Waals surface area contributed by atoms with Crippen molar-refractivity contribution in [3.05, 3.63) is 17.5 Å². The third-order valence-electron chi connectivity index (χ3n) is 3.68. The molecule has 3 rings (SSSR count). The summed E-state index contributed by atoms with van der Waals surface area (Å²) < 4.78 is 9.42. The molecule has 0 unspecified atom stereocenters. The Morgan fingerprint density at radius 2 is 2.09 bits per heavy atom. The molecule has 2 aromatic heterocycles. The molecule has 22 heavy (non-hydrogen) atoms. The van der Waals surface area contributed by atoms with Gasteiger partial charge in [-0.15, -0.1) is 0 Å². The Morgan fingerprint density at radius 3 is 2.82 bits per heavy atom. The third-order valence-corrected chi connectivity index (χ3v) is 4.50. The molecule has 2 aromatic rings. The molecule has 0 aliphatic carbocycles. The van der Waals surface area contributed by atoms with Crippen molar-refractivity contribution >= 4 is 16.7 Å². The van der Waals surface area contributed by atoms with Gasteiger partial charge in [0.2, 0.25) is 11.0 Å². The normalized spacial score (nSPS) is 16.9. The third kappa shape index (κ3) is 3.60. The van der Waals surface area contributed by atoms with E-state index in [0.29, 0.717) is 18.3 Å². The highest BCUT2D eigenvalue weighted by Gasteiger charge is 2.19. The highest BCUT2D eigenvalue weighted by atomic mass is 32.1. The number of anilines is 1. The zero-order valence-corrected chi connectivity index (χ0v) is 13.6. The number of hydrogen-bond donors (Lipinski definition) is 1. The summed E-state index contributed by atoms with van der Waals surface area (Å²) in [7, 11) is 0. The Kier molecular flexibility index (Phi) is 4.96. The molecule has 1 aliphatic heterocycles. The van der Waals surface area contributed by atoms with Crippen LogP contribution in [0.2, 0.25) is 0 Å². The molecule has 0 saturated carbocycles. The van der Waals surface area contributed by atoms with Crippen molar-refractivity contribution in [2.75, 3.05) is 31.1 Å². The monoisotopic (exact) mass is 323 g/mol. The second-order valence-corrected chi connectivity index (χ2v) is 6.00. The summed E-state index contributed by atoms with van der Waals surface area (Å²) in [6.07, 6.45) is 1.97. The fourth-order valence-corrected chi connectivity index (χ4v) is 3.28. The first-order chi connectivity index (χ1) is 10.8. The van der Waals surface area contributed by atoms with Crippen molar-refractivity contribution < 1.29 is 4.52 Å². The fraction of sp³-hybridized carbons (Fsp3) is 0.692. The van der Waals surface area contributed by atoms with Crippen LogP contribution < -0.4 is 10.6 Å². The van der Waals surface area contributed by atoms with Crippen LogP contribution in [0.25, 0.3) is 0 Å². The SMILES string of the molecule is CCc1nsc(N2CCCN(Cc3noc(CN)n3)CC2)n1. The van der Waals surface area contributed by atoms with Gasteiger partial charge in [0.15, 0.2) is 5.82 Å². The molecule has 0 radical (unpaired) electrons. The summed E-state index contributed by atoms with van der Waals surface area (Å²) in [6.45, 7) is 6.99. The highest BCUT2D eigenvalue weighted by molar-refractivity contribution is 7.09. The first-order valence-electron chi connectivity index (χ1n) is 7.60. The van der Waals surface area contributed by atoms with Crippen LogP contribution in [0.4, 0.5) is 5.13 Å². The average Bonchev–Trinajstić information content (AvgIpc) is 3.13. The Labute approximate surface area is 133 Å². The lowest BCUT2D eigenvalue weighted by atomic mass is 10.4. The van der Waals surface area contributed by atoms with Gasteiger partial charge in [-0.3, -0.25) is 4.90 Å². The summed E-state index contributed by atoms with van der Waals surface area (Å²) in [6, 6.07) is 0. The molecule has 2 N–H and O–H groups in total. The van der Waals surface area contributed by atoms with Gasteiger partial charge < -0.3 is 15.2 Å². The molecule has 0 spiro atoms. The number of aromatic nitrogens is 4. The molecule has 120 valence electrons. The van der Waals surface area contributed by atoms with E-state index in [0.717, 1.165) is 50.0 Å². The van der Waals surface area contributed by atoms with E-state index in [1.807, 2.05) is 0 Å². The summed E-state index contributed by atoms with van der Waals surface area (Å²) in [4.78, 5) is 13.5. The molecular formula is C13H21N7OS. The van der Waals surface area contributed by atoms with Gasteiger partial charge in [-0.05, 0) is 6.42 Å². The minimum atomic E-state index is 0.289. The molecule has 0 aromatic carbocycles. The lowest BCUT2D eigenvalue weighted by Crippen LogP contribution is -2.30. The van der Waals surface area contributed by atoms with Crippen molar-refractivity contribution in [3.8, 4) is 0 Å². The number of nitrogens with zero attached hydrogens (tertiary/aromatic N) is 6. The van der Waals surface area contributed by atoms with E-state index in [-0.39, 0.29) is 6.54 Å². The molecular weight excluding hydrogens is 302 g/mol. The zero-order chi connectivity index (χ0) is 15.4. The summed E-state index contributed by atoms with van der Waals surface area (Å²) >= 11 is 1.49. The van der Waals surface area contributed by atoms with Gasteiger partial charge in [-0.1, -0.05) is 12.1 Å². The molecule has 1 saturated heterocycles. The number of nitrogens with two attached hydrogens (primary N) is 1. The first kappa shape index (κ1) is 15.3. The van der Waals surface area contributed by atoms with Gasteiger partial charge in [0.1, 0.15) is 5.82 Å². The van der Waals surface area contributed by atoms with Gasteiger partial charge in [0.25, 0.3) is 0 Å². The molecule has 9 heteroatoms. The number of hydrogen-bond acceptors (Lipinski definition) is 9. The molecule has 8 nitrogen and oxygen atoms in total. The minimum absolute atomic E-state index is 0.289. The largest absolute Gasteiger partial charge is 0.346 e. The molecule has 0 amide bonds. The van der Waals surface area contributed by atoms with E-state index in [4.69, 9.17) is 10.3 Å². The Hall–Kier alpha value is -1.58. The van der Waals surface area contributed by atoms with Crippen LogP contribution in [0.3, 0.4) is 0 Å². The van der Waals surface area contributed by atoms with Crippen LogP contribution in [0, 0.1) is 0 Å². The fourth-order valence-electron chi connectivity index (χ4n) is 2.47. The van der Waals surface area contributed by atoms with Crippen molar-refractivity contribution in [1.29, 1.82) is 0 Å². The van der Waals surface area contributed by atoms with Crippen LogP contribution in [-0.2, 0) is 19.5 Å². The Bertz CT molecular complexity index is 599. The quantitative estimate of drug-likeness (QED) is 0.857. The van der Waals surface area contributed by atoms with Crippen molar-refractivity contribution in [1.82, 2.24) is 24.4 Å². The van der Waals surface area contributed by atoms with E-state index in [1.165, 1.54) is 11.5 Å². The van der Waals surface area contributed by atoms with Gasteiger partial charge in [-0.25, -0.2) is 4.98 Å². The maximum absolute atomic E-state index is 5.49. The Balaban J connectivity index is 1.57. The van der Waals surface area contributed by atoms with Gasteiger partial charge >= 0.3 is 0 Å². The second kappa shape index (κ2) is 7.12. The predicted molar refractivity (Wildman–Crippen MR) is 83.6 cm³/mol. The van der Waals surface area contributed by atoms with E-state index in [9.17, 15) is 0 Å². The molecule has 1 aliphatic rings. The molecule has 0 bridgehead atoms. The lowest BCUT2D eigenvalue weighted by molar-refractivity contribution is 0.271. The van der Waals surface area contributed by atoms with Crippen LogP contribution in [0.5, 0.6) is 0 Å². The highest BCUT2D eigenvalue weighted by Crippen LogP contribution is 2.19. The van der Waals surface area contributed by atoms with Gasteiger partial charge in [-0.2, -0.15) is 9.36 Å². The summed E-state index contributed by atoms with van der Waals surface area (Å²) in [5.74, 6) is 2.13. The second-order valence-electron chi connectivity index (χ2n) is 5.27. The smallest absolute Gasteiger partial charge is 0.240 e. The van der Waals surface area contributed by atoms with Crippen molar-refractivity contribution in [3.63, 3.8) is 0 Å². The van der Waals surface area contributed by atoms with Gasteiger partial charge in [0, 0.05) is 44.1 Å². The zero-order valence-electron chi connectivity index (χ0n) is 12.7. The summed E-state index contributed by atoms with van der Waals surface area (Å²) in [5.41, 5.74) is 5.49. The van der Waals surface area contributed by atoms with Crippen LogP contribution in [-0.4, -0.2) is 50.6 Å². The van der Waals surface area contributed by atoms with E-state index in [2.05, 4.69) is 36.2 Å². The molecule has 3 heterocycles. The first-order valence-corrected chi connectivity index (χ1v) is 8.37. The van der Waals surface area contributed by atoms with Gasteiger partial charge in [0.05, 0.1) is 13.1 Å². The average molecular weight is 323 g/mol. The Morgan fingerprint density at radius 1 is 1.18 bits per heavy atom. The molecule has 1 fully saturated rings. The van der Waals surface area contributed by atoms with Crippen LogP contribution in [0.15, 0.2) is 4.52 Å². The standard InChI is InChI=1S/C13H21N7OS/c1-2-10-16-13(22-18-10)20-5-3-4-19(6-7-20)9-11-15-12(8-14)21-17-11/h2-9,14H2,1H3. The maximum atomic E-state index is 5.49. The van der Waals surface area contributed by atoms with E-state index in [1.54, 1.807) is 0 Å². The lowest BCUT2D eigenvalue weighted by Gasteiger charge is -2.19. The molecule has 0 atom stereocenters. The van der Waals surface area contributed by atoms with Crippen molar-refractivity contribution in [2.45, 2.75) is 32.9 Å². The van der Waals surface area contributed by atoms with E-state index < -0.39 is 0 Å². The maximum Gasteiger partial charge on any atom is 0.240 e. The number of aryl methyl sites for hydroxylation is 1. The van der Waals surface area contributed by atoms with E-state index >= 15 is 0 Å².